The van der Waals surface area contributed by atoms with Crippen molar-refractivity contribution in [2.75, 3.05) is 0 Å². The topological polar surface area (TPSA) is 71.1 Å². The van der Waals surface area contributed by atoms with Crippen molar-refractivity contribution in [1.29, 1.82) is 0 Å². The summed E-state index contributed by atoms with van der Waals surface area (Å²) < 4.78 is 0. The molecule has 0 unspecified atom stereocenters. The lowest BCUT2D eigenvalue weighted by Gasteiger charge is -2.15. The molecule has 2 aromatic carbocycles. The Hall–Kier alpha value is -3.47. The summed E-state index contributed by atoms with van der Waals surface area (Å²) in [7, 11) is 0. The van der Waals surface area contributed by atoms with Crippen LogP contribution in [0.4, 0.5) is 0 Å². The van der Waals surface area contributed by atoms with Gasteiger partial charge < -0.3 is 10.6 Å². The van der Waals surface area contributed by atoms with Crippen LogP contribution >= 0.6 is 0 Å². The summed E-state index contributed by atoms with van der Waals surface area (Å²) in [4.78, 5) is 29.2. The molecule has 5 nitrogen and oxygen atoms in total. The third kappa shape index (κ3) is 7.34. The number of rotatable bonds is 10. The van der Waals surface area contributed by atoms with Crippen LogP contribution in [-0.4, -0.2) is 28.9 Å². The van der Waals surface area contributed by atoms with Crippen LogP contribution in [0.3, 0.4) is 0 Å². The van der Waals surface area contributed by atoms with E-state index in [1.165, 1.54) is 17.3 Å². The number of pyridine rings is 1. The highest BCUT2D eigenvalue weighted by Crippen LogP contribution is 2.08. The smallest absolute Gasteiger partial charge is 0.270 e. The Morgan fingerprint density at radius 1 is 0.719 bits per heavy atom. The molecule has 32 heavy (non-hydrogen) atoms. The molecule has 0 aliphatic carbocycles. The van der Waals surface area contributed by atoms with Crippen LogP contribution in [0.1, 0.15) is 58.7 Å². The van der Waals surface area contributed by atoms with Gasteiger partial charge >= 0.3 is 0 Å². The lowest BCUT2D eigenvalue weighted by atomic mass is 10.1. The average Bonchev–Trinajstić information content (AvgIpc) is 2.83. The molecule has 166 valence electrons. The summed E-state index contributed by atoms with van der Waals surface area (Å²) >= 11 is 0. The van der Waals surface area contributed by atoms with Crippen molar-refractivity contribution in [2.45, 2.75) is 51.6 Å². The largest absolute Gasteiger partial charge is 0.350 e. The predicted octanol–water partition coefficient (Wildman–Crippen LogP) is 4.58. The highest BCUT2D eigenvalue weighted by molar-refractivity contribution is 5.96. The molecule has 5 heteroatoms. The van der Waals surface area contributed by atoms with Gasteiger partial charge in [-0.2, -0.15) is 0 Å². The van der Waals surface area contributed by atoms with Crippen LogP contribution in [0.2, 0.25) is 0 Å². The molecule has 2 N–H and O–H groups in total. The summed E-state index contributed by atoms with van der Waals surface area (Å²) in [6.45, 7) is 3.98. The van der Waals surface area contributed by atoms with Gasteiger partial charge in [-0.15, -0.1) is 0 Å². The van der Waals surface area contributed by atoms with E-state index in [0.29, 0.717) is 11.3 Å². The van der Waals surface area contributed by atoms with E-state index < -0.39 is 0 Å². The number of aryl methyl sites for hydroxylation is 2. The van der Waals surface area contributed by atoms with Gasteiger partial charge in [0.25, 0.3) is 11.8 Å². The molecular weight excluding hydrogens is 398 g/mol. The number of hydrogen-bond donors (Lipinski definition) is 2. The summed E-state index contributed by atoms with van der Waals surface area (Å²) in [6.07, 6.45) is 4.96. The molecule has 3 rings (SSSR count). The minimum atomic E-state index is -0.228. The zero-order chi connectivity index (χ0) is 22.8. The van der Waals surface area contributed by atoms with Crippen molar-refractivity contribution in [3.63, 3.8) is 0 Å². The van der Waals surface area contributed by atoms with E-state index >= 15 is 0 Å². The lowest BCUT2D eigenvalue weighted by molar-refractivity contribution is 0.0922. The zero-order valence-corrected chi connectivity index (χ0v) is 18.8. The van der Waals surface area contributed by atoms with E-state index in [-0.39, 0.29) is 23.9 Å². The van der Waals surface area contributed by atoms with Crippen molar-refractivity contribution < 1.29 is 9.59 Å². The molecule has 1 heterocycles. The third-order valence-electron chi connectivity index (χ3n) is 5.43. The van der Waals surface area contributed by atoms with E-state index in [9.17, 15) is 9.59 Å². The SMILES string of the molecule is C[C@@H](CCc1ccccc1)NC(=O)c1ccc(C(=O)N[C@@H](C)CCc2ccccc2)nc1. The first-order valence-corrected chi connectivity index (χ1v) is 11.2. The first-order chi connectivity index (χ1) is 15.5. The first-order valence-electron chi connectivity index (χ1n) is 11.2. The first kappa shape index (κ1) is 23.2. The summed E-state index contributed by atoms with van der Waals surface area (Å²) in [5.74, 6) is -0.407. The predicted molar refractivity (Wildman–Crippen MR) is 128 cm³/mol. The molecule has 0 bridgehead atoms. The summed E-state index contributed by atoms with van der Waals surface area (Å²) in [5, 5.41) is 5.98. The Morgan fingerprint density at radius 2 is 1.22 bits per heavy atom. The number of amides is 2. The number of aromatic nitrogens is 1. The molecule has 0 aliphatic rings. The molecule has 1 aromatic heterocycles. The molecule has 0 radical (unpaired) electrons. The molecule has 0 fully saturated rings. The third-order valence-corrected chi connectivity index (χ3v) is 5.43. The molecule has 2 amide bonds. The van der Waals surface area contributed by atoms with Gasteiger partial charge in [0.15, 0.2) is 0 Å². The number of benzene rings is 2. The quantitative estimate of drug-likeness (QED) is 0.495. The number of carbonyl (C=O) groups excluding carboxylic acids is 2. The second-order valence-electron chi connectivity index (χ2n) is 8.23. The van der Waals surface area contributed by atoms with Crippen LogP contribution < -0.4 is 10.6 Å². The van der Waals surface area contributed by atoms with Gasteiger partial charge in [-0.3, -0.25) is 14.6 Å². The number of hydrogen-bond acceptors (Lipinski definition) is 3. The molecule has 0 spiro atoms. The fraction of sp³-hybridized carbons (Fsp3) is 0.296. The van der Waals surface area contributed by atoms with Gasteiger partial charge in [-0.05, 0) is 62.8 Å². The second-order valence-corrected chi connectivity index (χ2v) is 8.23. The summed E-state index contributed by atoms with van der Waals surface area (Å²) in [6, 6.07) is 23.7. The minimum absolute atomic E-state index is 0.0259. The van der Waals surface area contributed by atoms with Gasteiger partial charge in [-0.25, -0.2) is 0 Å². The normalized spacial score (nSPS) is 12.6. The monoisotopic (exact) mass is 429 g/mol. The highest BCUT2D eigenvalue weighted by atomic mass is 16.2. The van der Waals surface area contributed by atoms with Crippen molar-refractivity contribution in [2.24, 2.45) is 0 Å². The van der Waals surface area contributed by atoms with Crippen LogP contribution in [0.15, 0.2) is 79.0 Å². The number of nitrogens with one attached hydrogen (secondary N) is 2. The van der Waals surface area contributed by atoms with Crippen molar-refractivity contribution in [1.82, 2.24) is 15.6 Å². The zero-order valence-electron chi connectivity index (χ0n) is 18.8. The van der Waals surface area contributed by atoms with Gasteiger partial charge in [0.2, 0.25) is 0 Å². The van der Waals surface area contributed by atoms with Crippen molar-refractivity contribution >= 4 is 11.8 Å². The Morgan fingerprint density at radius 3 is 1.69 bits per heavy atom. The minimum Gasteiger partial charge on any atom is -0.350 e. The maximum absolute atomic E-state index is 12.5. The van der Waals surface area contributed by atoms with Gasteiger partial charge in [0.05, 0.1) is 5.56 Å². The average molecular weight is 430 g/mol. The van der Waals surface area contributed by atoms with E-state index in [1.54, 1.807) is 12.1 Å². The number of nitrogens with zero attached hydrogens (tertiary/aromatic N) is 1. The maximum Gasteiger partial charge on any atom is 0.270 e. The van der Waals surface area contributed by atoms with Crippen LogP contribution in [-0.2, 0) is 12.8 Å². The fourth-order valence-electron chi connectivity index (χ4n) is 3.47. The van der Waals surface area contributed by atoms with Crippen LogP contribution in [0, 0.1) is 0 Å². The van der Waals surface area contributed by atoms with E-state index in [0.717, 1.165) is 25.7 Å². The van der Waals surface area contributed by atoms with Crippen molar-refractivity contribution in [3.05, 3.63) is 101 Å². The molecule has 0 aliphatic heterocycles. The lowest BCUT2D eigenvalue weighted by Crippen LogP contribution is -2.34. The van der Waals surface area contributed by atoms with Crippen LogP contribution in [0.5, 0.6) is 0 Å². The van der Waals surface area contributed by atoms with Crippen molar-refractivity contribution in [3.8, 4) is 0 Å². The van der Waals surface area contributed by atoms with Gasteiger partial charge in [0, 0.05) is 18.3 Å². The number of carbonyl (C=O) groups is 2. The molecule has 0 saturated carbocycles. The molecule has 3 aromatic rings. The Balaban J connectivity index is 1.44. The van der Waals surface area contributed by atoms with E-state index in [1.807, 2.05) is 50.2 Å². The maximum atomic E-state index is 12.5. The molecular formula is C27H31N3O2. The summed E-state index contributed by atoms with van der Waals surface area (Å²) in [5.41, 5.74) is 3.26. The Labute approximate surface area is 190 Å². The van der Waals surface area contributed by atoms with Gasteiger partial charge in [0.1, 0.15) is 5.69 Å². The standard InChI is InChI=1S/C27H31N3O2/c1-20(13-15-22-9-5-3-6-10-22)29-26(31)24-17-18-25(28-19-24)27(32)30-21(2)14-16-23-11-7-4-8-12-23/h3-12,17-21H,13-16H2,1-2H3,(H,29,31)(H,30,32)/t20-,21-/m0/s1. The highest BCUT2D eigenvalue weighted by Gasteiger charge is 2.14. The van der Waals surface area contributed by atoms with Gasteiger partial charge in [-0.1, -0.05) is 60.7 Å². The fourth-order valence-corrected chi connectivity index (χ4v) is 3.47. The Kier molecular flexibility index (Phi) is 8.55. The Bertz CT molecular complexity index is 906. The van der Waals surface area contributed by atoms with E-state index in [2.05, 4.69) is 39.9 Å². The molecule has 0 saturated heterocycles. The van der Waals surface area contributed by atoms with Crippen LogP contribution in [0.25, 0.3) is 0 Å². The van der Waals surface area contributed by atoms with E-state index in [4.69, 9.17) is 0 Å². The second kappa shape index (κ2) is 11.8. The molecule has 2 atom stereocenters.